The van der Waals surface area contributed by atoms with Gasteiger partial charge in [0.1, 0.15) is 0 Å². The molecule has 2 N–H and O–H groups in total. The summed E-state index contributed by atoms with van der Waals surface area (Å²) >= 11 is 0. The molecule has 0 heterocycles. The summed E-state index contributed by atoms with van der Waals surface area (Å²) in [6.45, 7) is 2.39. The highest BCUT2D eigenvalue weighted by Gasteiger charge is 2.19. The quantitative estimate of drug-likeness (QED) is 0.438. The maximum absolute atomic E-state index is 11.0. The van der Waals surface area contributed by atoms with Gasteiger partial charge in [-0.3, -0.25) is 9.05 Å². The molecule has 0 radical (unpaired) electrons. The van der Waals surface area contributed by atoms with E-state index in [9.17, 15) is 4.57 Å². The zero-order valence-corrected chi connectivity index (χ0v) is 9.82. The molecule has 0 spiro atoms. The van der Waals surface area contributed by atoms with Crippen molar-refractivity contribution < 1.29 is 28.3 Å². The Morgan fingerprint density at radius 1 is 1.13 bits per heavy atom. The zero-order chi connectivity index (χ0) is 11.6. The standard InChI is InChI=1S/C8H19O6P/c1-2-3-5-12-7-8-14-15(10,11)13-6-4-9/h9H,2-8H2,1H3,(H,10,11). The van der Waals surface area contributed by atoms with Gasteiger partial charge in [0.2, 0.25) is 0 Å². The lowest BCUT2D eigenvalue weighted by molar-refractivity contribution is 0.0705. The summed E-state index contributed by atoms with van der Waals surface area (Å²) in [6.07, 6.45) is 2.00. The SMILES string of the molecule is CCCCOCCOP(=O)(O)OCCO. The summed E-state index contributed by atoms with van der Waals surface area (Å²) in [5.74, 6) is 0. The molecule has 15 heavy (non-hydrogen) atoms. The first-order chi connectivity index (χ1) is 7.12. The van der Waals surface area contributed by atoms with E-state index in [-0.39, 0.29) is 26.4 Å². The maximum Gasteiger partial charge on any atom is 0.472 e. The lowest BCUT2D eigenvalue weighted by Gasteiger charge is -2.11. The van der Waals surface area contributed by atoms with Crippen LogP contribution in [0.15, 0.2) is 0 Å². The molecule has 0 saturated carbocycles. The third kappa shape index (κ3) is 10.3. The highest BCUT2D eigenvalue weighted by molar-refractivity contribution is 7.47. The van der Waals surface area contributed by atoms with Gasteiger partial charge in [-0.15, -0.1) is 0 Å². The molecule has 0 saturated heterocycles. The average Bonchev–Trinajstić information content (AvgIpc) is 2.20. The highest BCUT2D eigenvalue weighted by Crippen LogP contribution is 2.42. The number of hydrogen-bond acceptors (Lipinski definition) is 5. The van der Waals surface area contributed by atoms with Crippen LogP contribution in [0, 0.1) is 0 Å². The molecule has 0 aromatic carbocycles. The third-order valence-electron chi connectivity index (χ3n) is 1.47. The molecular weight excluding hydrogens is 223 g/mol. The van der Waals surface area contributed by atoms with Gasteiger partial charge in [0.15, 0.2) is 0 Å². The minimum Gasteiger partial charge on any atom is -0.394 e. The lowest BCUT2D eigenvalue weighted by Crippen LogP contribution is -2.06. The van der Waals surface area contributed by atoms with Gasteiger partial charge in [-0.25, -0.2) is 4.57 Å². The maximum atomic E-state index is 11.0. The van der Waals surface area contributed by atoms with Crippen LogP contribution in [-0.2, 0) is 18.3 Å². The molecule has 0 rings (SSSR count). The van der Waals surface area contributed by atoms with E-state index in [2.05, 4.69) is 9.05 Å². The number of aliphatic hydroxyl groups is 1. The Balaban J connectivity index is 3.36. The molecule has 0 aliphatic rings. The van der Waals surface area contributed by atoms with Crippen LogP contribution in [0.1, 0.15) is 19.8 Å². The summed E-state index contributed by atoms with van der Waals surface area (Å²) in [5, 5.41) is 8.36. The number of rotatable bonds is 10. The van der Waals surface area contributed by atoms with Gasteiger partial charge in [-0.05, 0) is 6.42 Å². The van der Waals surface area contributed by atoms with Crippen molar-refractivity contribution in [1.82, 2.24) is 0 Å². The molecule has 0 aliphatic heterocycles. The first kappa shape index (κ1) is 15.0. The van der Waals surface area contributed by atoms with Crippen molar-refractivity contribution in [1.29, 1.82) is 0 Å². The highest BCUT2D eigenvalue weighted by atomic mass is 31.2. The smallest absolute Gasteiger partial charge is 0.394 e. The Hall–Kier alpha value is 0.0300. The molecule has 0 aliphatic carbocycles. The van der Waals surface area contributed by atoms with E-state index in [1.165, 1.54) is 0 Å². The molecule has 6 nitrogen and oxygen atoms in total. The predicted molar refractivity (Wildman–Crippen MR) is 54.5 cm³/mol. The van der Waals surface area contributed by atoms with Crippen molar-refractivity contribution in [2.75, 3.05) is 33.0 Å². The number of phosphoric acid groups is 1. The Bertz CT molecular complexity index is 186. The third-order valence-corrected chi connectivity index (χ3v) is 2.49. The van der Waals surface area contributed by atoms with Crippen LogP contribution >= 0.6 is 7.82 Å². The van der Waals surface area contributed by atoms with Gasteiger partial charge in [-0.2, -0.15) is 0 Å². The van der Waals surface area contributed by atoms with Gasteiger partial charge in [-0.1, -0.05) is 13.3 Å². The average molecular weight is 242 g/mol. The lowest BCUT2D eigenvalue weighted by atomic mass is 10.4. The van der Waals surface area contributed by atoms with E-state index in [0.717, 1.165) is 12.8 Å². The second-order valence-electron chi connectivity index (χ2n) is 2.82. The number of hydrogen-bond donors (Lipinski definition) is 2. The molecule has 0 aromatic heterocycles. The number of unbranched alkanes of at least 4 members (excludes halogenated alkanes) is 1. The van der Waals surface area contributed by atoms with Crippen molar-refractivity contribution in [3.05, 3.63) is 0 Å². The second-order valence-corrected chi connectivity index (χ2v) is 4.28. The molecular formula is C8H19O6P. The van der Waals surface area contributed by atoms with E-state index in [0.29, 0.717) is 6.61 Å². The van der Waals surface area contributed by atoms with Gasteiger partial charge >= 0.3 is 7.82 Å². The van der Waals surface area contributed by atoms with Crippen LogP contribution in [0.3, 0.4) is 0 Å². The first-order valence-corrected chi connectivity index (χ1v) is 6.42. The van der Waals surface area contributed by atoms with Crippen LogP contribution in [0.5, 0.6) is 0 Å². The Morgan fingerprint density at radius 2 is 1.80 bits per heavy atom. The molecule has 0 bridgehead atoms. The molecule has 7 heteroatoms. The van der Waals surface area contributed by atoms with E-state index in [1.54, 1.807) is 0 Å². The monoisotopic (exact) mass is 242 g/mol. The van der Waals surface area contributed by atoms with Crippen LogP contribution in [-0.4, -0.2) is 43.0 Å². The summed E-state index contributed by atoms with van der Waals surface area (Å²) in [6, 6.07) is 0. The fraction of sp³-hybridized carbons (Fsp3) is 1.00. The van der Waals surface area contributed by atoms with Crippen LogP contribution in [0.4, 0.5) is 0 Å². The summed E-state index contributed by atoms with van der Waals surface area (Å²) < 4.78 is 25.1. The van der Waals surface area contributed by atoms with Crippen molar-refractivity contribution in [2.24, 2.45) is 0 Å². The Labute approximate surface area is 89.8 Å². The molecule has 0 aromatic rings. The van der Waals surface area contributed by atoms with Crippen LogP contribution in [0.25, 0.3) is 0 Å². The molecule has 1 unspecified atom stereocenters. The van der Waals surface area contributed by atoms with Gasteiger partial charge in [0, 0.05) is 6.61 Å². The zero-order valence-electron chi connectivity index (χ0n) is 8.92. The van der Waals surface area contributed by atoms with Gasteiger partial charge in [0.05, 0.1) is 26.4 Å². The molecule has 92 valence electrons. The van der Waals surface area contributed by atoms with Crippen molar-refractivity contribution in [2.45, 2.75) is 19.8 Å². The summed E-state index contributed by atoms with van der Waals surface area (Å²) in [7, 11) is -4.00. The van der Waals surface area contributed by atoms with E-state index in [4.69, 9.17) is 14.7 Å². The Morgan fingerprint density at radius 3 is 2.40 bits per heavy atom. The molecule has 1 atom stereocenters. The van der Waals surface area contributed by atoms with Crippen molar-refractivity contribution >= 4 is 7.82 Å². The van der Waals surface area contributed by atoms with Crippen molar-refractivity contribution in [3.63, 3.8) is 0 Å². The Kier molecular flexibility index (Phi) is 9.29. The molecule has 0 fully saturated rings. The van der Waals surface area contributed by atoms with E-state index >= 15 is 0 Å². The van der Waals surface area contributed by atoms with Gasteiger partial charge in [0.25, 0.3) is 0 Å². The van der Waals surface area contributed by atoms with Gasteiger partial charge < -0.3 is 14.7 Å². The minimum atomic E-state index is -4.00. The predicted octanol–water partition coefficient (Wildman–Crippen LogP) is 0.929. The van der Waals surface area contributed by atoms with Crippen LogP contribution < -0.4 is 0 Å². The number of ether oxygens (including phenoxy) is 1. The van der Waals surface area contributed by atoms with E-state index < -0.39 is 7.82 Å². The fourth-order valence-corrected chi connectivity index (χ4v) is 1.45. The number of phosphoric ester groups is 1. The molecule has 0 amide bonds. The normalized spacial score (nSPS) is 15.1. The first-order valence-electron chi connectivity index (χ1n) is 4.93. The summed E-state index contributed by atoms with van der Waals surface area (Å²) in [4.78, 5) is 8.99. The number of aliphatic hydroxyl groups excluding tert-OH is 1. The topological polar surface area (TPSA) is 85.2 Å². The van der Waals surface area contributed by atoms with E-state index in [1.807, 2.05) is 6.92 Å². The summed E-state index contributed by atoms with van der Waals surface area (Å²) in [5.41, 5.74) is 0. The minimum absolute atomic E-state index is 0.00290. The largest absolute Gasteiger partial charge is 0.472 e. The second kappa shape index (κ2) is 9.27. The fourth-order valence-electron chi connectivity index (χ4n) is 0.753. The van der Waals surface area contributed by atoms with Crippen LogP contribution in [0.2, 0.25) is 0 Å². The van der Waals surface area contributed by atoms with Crippen molar-refractivity contribution in [3.8, 4) is 0 Å².